The number of fused-ring (bicyclic) bond motifs is 6. The quantitative estimate of drug-likeness (QED) is 0.524. The van der Waals surface area contributed by atoms with Crippen molar-refractivity contribution in [3.05, 3.63) is 58.2 Å². The lowest BCUT2D eigenvalue weighted by Crippen LogP contribution is -2.47. The first-order chi connectivity index (χ1) is 18.1. The number of aromatic hydroxyl groups is 1. The van der Waals surface area contributed by atoms with Crippen molar-refractivity contribution >= 4 is 0 Å². The zero-order valence-corrected chi connectivity index (χ0v) is 23.1. The number of phenolic OH excluding ortho intramolecular Hbond substituents is 1. The van der Waals surface area contributed by atoms with Crippen LogP contribution in [0.4, 0.5) is 0 Å². The van der Waals surface area contributed by atoms with Crippen LogP contribution in [-0.4, -0.2) is 36.0 Å². The fourth-order valence-electron chi connectivity index (χ4n) is 7.44. The minimum atomic E-state index is -0.720. The minimum absolute atomic E-state index is 0.0222. The van der Waals surface area contributed by atoms with Gasteiger partial charge in [0.1, 0.15) is 29.1 Å². The van der Waals surface area contributed by atoms with Gasteiger partial charge in [-0.2, -0.15) is 0 Å². The van der Waals surface area contributed by atoms with E-state index in [-0.39, 0.29) is 23.7 Å². The van der Waals surface area contributed by atoms with Crippen molar-refractivity contribution in [1.82, 2.24) is 0 Å². The molecule has 0 saturated carbocycles. The van der Waals surface area contributed by atoms with Crippen LogP contribution in [-0.2, 0) is 35.2 Å². The molecule has 0 unspecified atom stereocenters. The van der Waals surface area contributed by atoms with Crippen molar-refractivity contribution in [2.75, 3.05) is 13.2 Å². The summed E-state index contributed by atoms with van der Waals surface area (Å²) in [5.41, 5.74) is 6.08. The summed E-state index contributed by atoms with van der Waals surface area (Å²) >= 11 is 0. The Labute approximate surface area is 224 Å². The van der Waals surface area contributed by atoms with Crippen molar-refractivity contribution in [2.45, 2.75) is 78.0 Å². The van der Waals surface area contributed by atoms with Crippen molar-refractivity contribution in [1.29, 1.82) is 0 Å². The third-order valence-corrected chi connectivity index (χ3v) is 9.84. The molecule has 38 heavy (non-hydrogen) atoms. The third-order valence-electron chi connectivity index (χ3n) is 9.84. The van der Waals surface area contributed by atoms with Gasteiger partial charge in [0.05, 0.1) is 13.2 Å². The maximum absolute atomic E-state index is 11.8. The second-order valence-electron chi connectivity index (χ2n) is 12.7. The number of hydrogen-bond acceptors (Lipinski definition) is 6. The standard InChI is InChI=1S/C32H38O6/c1-16(2)27-11-20-9-19(7-8-26(20)36-27)10-21-28(33)22-12-24-17(3)14-34-31(24,5)38-30(22)23-13-25-18(4)15-35-32(25,6)37-29(21)23/h7-9,17-18,24-25,27,33H,1,10-15H2,2-6H3/t17-,18-,24+,25+,27+,31+,32+/m0/s1. The number of benzene rings is 2. The smallest absolute Gasteiger partial charge is 0.211 e. The number of rotatable bonds is 3. The molecule has 2 aromatic rings. The number of ether oxygens (including phenoxy) is 5. The van der Waals surface area contributed by atoms with Crippen LogP contribution < -0.4 is 14.2 Å². The summed E-state index contributed by atoms with van der Waals surface area (Å²) in [6.07, 6.45) is 2.91. The Balaban J connectivity index is 1.34. The fraction of sp³-hybridized carbons (Fsp3) is 0.562. The van der Waals surface area contributed by atoms with E-state index in [9.17, 15) is 5.11 Å². The van der Waals surface area contributed by atoms with E-state index < -0.39 is 11.6 Å². The Hall–Kier alpha value is -2.70. The molecule has 0 bridgehead atoms. The van der Waals surface area contributed by atoms with Gasteiger partial charge in [0.2, 0.25) is 11.6 Å². The molecular weight excluding hydrogens is 480 g/mol. The molecule has 5 aliphatic heterocycles. The maximum Gasteiger partial charge on any atom is 0.211 e. The molecule has 202 valence electrons. The largest absolute Gasteiger partial charge is 0.507 e. The SMILES string of the molecule is C=C(C)[C@H]1Cc2cc(Cc3c(O)c4c(c5c3O[C@@]3(C)OC[C@H](C)[C@H]3C5)O[C@@]3(C)OC[C@H](C)[C@H]3C4)ccc2O1. The van der Waals surface area contributed by atoms with Gasteiger partial charge in [-0.1, -0.05) is 32.6 Å². The van der Waals surface area contributed by atoms with Gasteiger partial charge in [-0.05, 0) is 54.4 Å². The van der Waals surface area contributed by atoms with Crippen LogP contribution in [0.25, 0.3) is 0 Å². The van der Waals surface area contributed by atoms with Crippen molar-refractivity contribution in [3.63, 3.8) is 0 Å². The van der Waals surface area contributed by atoms with Crippen LogP contribution >= 0.6 is 0 Å². The maximum atomic E-state index is 11.8. The lowest BCUT2D eigenvalue weighted by molar-refractivity contribution is -0.174. The van der Waals surface area contributed by atoms with E-state index >= 15 is 0 Å². The fourth-order valence-corrected chi connectivity index (χ4v) is 7.44. The summed E-state index contributed by atoms with van der Waals surface area (Å²) in [5, 5.41) is 11.8. The highest BCUT2D eigenvalue weighted by Gasteiger charge is 2.55. The first-order valence-electron chi connectivity index (χ1n) is 14.1. The van der Waals surface area contributed by atoms with E-state index in [1.54, 1.807) is 0 Å². The summed E-state index contributed by atoms with van der Waals surface area (Å²) < 4.78 is 31.9. The highest BCUT2D eigenvalue weighted by Crippen LogP contribution is 2.57. The van der Waals surface area contributed by atoms with Crippen LogP contribution in [0.1, 0.15) is 62.4 Å². The van der Waals surface area contributed by atoms with Crippen molar-refractivity contribution in [3.8, 4) is 23.0 Å². The Morgan fingerprint density at radius 2 is 1.58 bits per heavy atom. The van der Waals surface area contributed by atoms with Crippen LogP contribution in [0.2, 0.25) is 0 Å². The molecule has 2 fully saturated rings. The highest BCUT2D eigenvalue weighted by molar-refractivity contribution is 5.65. The monoisotopic (exact) mass is 518 g/mol. The Kier molecular flexibility index (Phi) is 5.22. The molecule has 5 aliphatic rings. The molecule has 0 aromatic heterocycles. The summed E-state index contributed by atoms with van der Waals surface area (Å²) in [5.74, 6) is 2.37. The molecule has 7 atom stereocenters. The van der Waals surface area contributed by atoms with Gasteiger partial charge in [0, 0.05) is 55.2 Å². The molecule has 6 heteroatoms. The zero-order chi connectivity index (χ0) is 26.6. The van der Waals surface area contributed by atoms with Gasteiger partial charge in [0.25, 0.3) is 0 Å². The molecule has 0 spiro atoms. The lowest BCUT2D eigenvalue weighted by Gasteiger charge is -2.43. The van der Waals surface area contributed by atoms with E-state index in [0.29, 0.717) is 37.2 Å². The molecule has 6 nitrogen and oxygen atoms in total. The van der Waals surface area contributed by atoms with E-state index in [2.05, 4.69) is 32.6 Å². The van der Waals surface area contributed by atoms with E-state index in [4.69, 9.17) is 23.7 Å². The number of hydrogen-bond donors (Lipinski definition) is 1. The lowest BCUT2D eigenvalue weighted by atomic mass is 9.77. The first kappa shape index (κ1) is 24.3. The molecule has 7 rings (SSSR count). The predicted octanol–water partition coefficient (Wildman–Crippen LogP) is 5.73. The molecule has 5 heterocycles. The average molecular weight is 519 g/mol. The average Bonchev–Trinajstić information content (AvgIpc) is 3.53. The van der Waals surface area contributed by atoms with Crippen LogP contribution in [0.3, 0.4) is 0 Å². The van der Waals surface area contributed by atoms with Gasteiger partial charge in [-0.3, -0.25) is 0 Å². The highest BCUT2D eigenvalue weighted by atomic mass is 16.7. The molecular formula is C32H38O6. The van der Waals surface area contributed by atoms with Gasteiger partial charge < -0.3 is 28.8 Å². The van der Waals surface area contributed by atoms with Crippen molar-refractivity contribution in [2.24, 2.45) is 23.7 Å². The normalized spacial score (nSPS) is 36.2. The summed E-state index contributed by atoms with van der Waals surface area (Å²) in [6.45, 7) is 15.9. The topological polar surface area (TPSA) is 66.4 Å². The van der Waals surface area contributed by atoms with Gasteiger partial charge in [0.15, 0.2) is 0 Å². The van der Waals surface area contributed by atoms with Gasteiger partial charge in [-0.25, -0.2) is 0 Å². The Morgan fingerprint density at radius 1 is 0.947 bits per heavy atom. The van der Waals surface area contributed by atoms with Crippen LogP contribution in [0.5, 0.6) is 23.0 Å². The summed E-state index contributed by atoms with van der Waals surface area (Å²) in [6, 6.07) is 6.33. The summed E-state index contributed by atoms with van der Waals surface area (Å²) in [7, 11) is 0. The van der Waals surface area contributed by atoms with Gasteiger partial charge in [-0.15, -0.1) is 0 Å². The summed E-state index contributed by atoms with van der Waals surface area (Å²) in [4.78, 5) is 0. The predicted molar refractivity (Wildman–Crippen MR) is 143 cm³/mol. The van der Waals surface area contributed by atoms with E-state index in [0.717, 1.165) is 58.6 Å². The van der Waals surface area contributed by atoms with E-state index in [1.165, 1.54) is 5.56 Å². The van der Waals surface area contributed by atoms with Crippen LogP contribution in [0.15, 0.2) is 30.4 Å². The van der Waals surface area contributed by atoms with E-state index in [1.807, 2.05) is 26.8 Å². The molecule has 0 amide bonds. The molecule has 1 N–H and O–H groups in total. The molecule has 2 aromatic carbocycles. The molecule has 0 radical (unpaired) electrons. The minimum Gasteiger partial charge on any atom is -0.507 e. The molecule has 0 aliphatic carbocycles. The first-order valence-corrected chi connectivity index (χ1v) is 14.1. The van der Waals surface area contributed by atoms with Crippen molar-refractivity contribution < 1.29 is 28.8 Å². The Morgan fingerprint density at radius 3 is 2.24 bits per heavy atom. The Bertz CT molecular complexity index is 1350. The second kappa shape index (κ2) is 8.15. The van der Waals surface area contributed by atoms with Gasteiger partial charge >= 0.3 is 0 Å². The third kappa shape index (κ3) is 3.45. The second-order valence-corrected chi connectivity index (χ2v) is 12.7. The molecule has 2 saturated heterocycles. The van der Waals surface area contributed by atoms with Crippen LogP contribution in [0, 0.1) is 23.7 Å². The zero-order valence-electron chi connectivity index (χ0n) is 23.1. The number of phenols is 1.